The molecule has 0 radical (unpaired) electrons. The Balaban J connectivity index is 1.91. The van der Waals surface area contributed by atoms with Crippen molar-refractivity contribution in [2.45, 2.75) is 30.8 Å². The number of hydrogen-bond acceptors (Lipinski definition) is 4. The Bertz CT molecular complexity index is 835. The van der Waals surface area contributed by atoms with Crippen LogP contribution in [0.2, 0.25) is 0 Å². The van der Waals surface area contributed by atoms with E-state index < -0.39 is 5.69 Å². The van der Waals surface area contributed by atoms with E-state index >= 15 is 0 Å². The number of rotatable bonds is 3. The predicted molar refractivity (Wildman–Crippen MR) is 86.3 cm³/mol. The highest BCUT2D eigenvalue weighted by Crippen LogP contribution is 2.33. The lowest BCUT2D eigenvalue weighted by molar-refractivity contribution is 0.0931. The number of H-pyrrole nitrogens is 1. The second kappa shape index (κ2) is 6.16. The van der Waals surface area contributed by atoms with Crippen molar-refractivity contribution >= 4 is 17.7 Å². The van der Waals surface area contributed by atoms with E-state index in [4.69, 9.17) is 0 Å². The van der Waals surface area contributed by atoms with Crippen LogP contribution in [0.3, 0.4) is 0 Å². The van der Waals surface area contributed by atoms with Gasteiger partial charge in [-0.25, -0.2) is 9.18 Å². The number of carbonyl (C=O) groups excluding carboxylic acids is 1. The summed E-state index contributed by atoms with van der Waals surface area (Å²) >= 11 is 1.25. The van der Waals surface area contributed by atoms with Crippen molar-refractivity contribution < 1.29 is 9.18 Å². The Kier molecular flexibility index (Phi) is 4.21. The highest BCUT2D eigenvalue weighted by atomic mass is 32.2. The lowest BCUT2D eigenvalue weighted by Gasteiger charge is -2.16. The van der Waals surface area contributed by atoms with Crippen molar-refractivity contribution in [1.29, 1.82) is 0 Å². The smallest absolute Gasteiger partial charge is 0.345 e. The average Bonchev–Trinajstić information content (AvgIpc) is 2.90. The van der Waals surface area contributed by atoms with E-state index in [0.29, 0.717) is 34.7 Å². The highest BCUT2D eigenvalue weighted by molar-refractivity contribution is 7.98. The fraction of sp³-hybridized carbons (Fsp3) is 0.312. The third-order valence-corrected chi connectivity index (χ3v) is 4.71. The number of benzene rings is 1. The summed E-state index contributed by atoms with van der Waals surface area (Å²) in [6, 6.07) is 4.70. The molecule has 1 aliphatic rings. The Morgan fingerprint density at radius 3 is 3.00 bits per heavy atom. The number of nitrogens with zero attached hydrogens (tertiary/aromatic N) is 1. The highest BCUT2D eigenvalue weighted by Gasteiger charge is 2.28. The number of nitrogens with one attached hydrogen (secondary N) is 2. The Morgan fingerprint density at radius 2 is 2.26 bits per heavy atom. The molecule has 1 amide bonds. The van der Waals surface area contributed by atoms with E-state index in [1.165, 1.54) is 17.8 Å². The molecule has 7 heteroatoms. The first-order valence-corrected chi connectivity index (χ1v) is 8.46. The molecule has 120 valence electrons. The predicted octanol–water partition coefficient (Wildman–Crippen LogP) is 2.36. The molecule has 0 aliphatic heterocycles. The molecule has 1 aromatic heterocycles. The second-order valence-corrected chi connectivity index (χ2v) is 6.22. The van der Waals surface area contributed by atoms with Gasteiger partial charge in [-0.2, -0.15) is 4.98 Å². The molecule has 0 saturated heterocycles. The van der Waals surface area contributed by atoms with Crippen LogP contribution in [0.5, 0.6) is 0 Å². The van der Waals surface area contributed by atoms with Crippen molar-refractivity contribution in [3.63, 3.8) is 0 Å². The number of hydrogen-bond donors (Lipinski definition) is 2. The molecule has 5 nitrogen and oxygen atoms in total. The third kappa shape index (κ3) is 2.88. The molecule has 2 N–H and O–H groups in total. The van der Waals surface area contributed by atoms with Crippen molar-refractivity contribution in [1.82, 2.24) is 15.3 Å². The van der Waals surface area contributed by atoms with E-state index in [0.717, 1.165) is 5.56 Å². The fourth-order valence-electron chi connectivity index (χ4n) is 2.96. The van der Waals surface area contributed by atoms with E-state index in [9.17, 15) is 14.0 Å². The Hall–Kier alpha value is -2.15. The lowest BCUT2D eigenvalue weighted by Crippen LogP contribution is -2.30. The summed E-state index contributed by atoms with van der Waals surface area (Å²) in [7, 11) is 0. The number of aromatic amines is 1. The maximum absolute atomic E-state index is 13.8. The maximum Gasteiger partial charge on any atom is 0.346 e. The number of thioether (sulfide) groups is 1. The molecule has 3 rings (SSSR count). The fourth-order valence-corrected chi connectivity index (χ4v) is 3.59. The molecule has 0 unspecified atom stereocenters. The van der Waals surface area contributed by atoms with E-state index in [1.807, 2.05) is 6.07 Å². The normalized spacial score (nSPS) is 16.2. The van der Waals surface area contributed by atoms with E-state index in [-0.39, 0.29) is 17.8 Å². The van der Waals surface area contributed by atoms with Gasteiger partial charge in [0, 0.05) is 5.69 Å². The molecule has 0 fully saturated rings. The molecule has 1 heterocycles. The van der Waals surface area contributed by atoms with E-state index in [1.54, 1.807) is 19.2 Å². The number of halogens is 1. The summed E-state index contributed by atoms with van der Waals surface area (Å²) in [6.45, 7) is 1.67. The third-order valence-electron chi connectivity index (χ3n) is 4.03. The molecule has 1 aliphatic carbocycles. The summed E-state index contributed by atoms with van der Waals surface area (Å²) in [5.41, 5.74) is 1.85. The maximum atomic E-state index is 13.8. The number of carbonyl (C=O) groups is 1. The monoisotopic (exact) mass is 333 g/mol. The van der Waals surface area contributed by atoms with Crippen LogP contribution in [0, 0.1) is 12.7 Å². The van der Waals surface area contributed by atoms with Gasteiger partial charge in [-0.15, -0.1) is 11.8 Å². The first-order valence-electron chi connectivity index (χ1n) is 7.24. The molecular formula is C16H16FN3O2S. The molecule has 0 saturated carbocycles. The summed E-state index contributed by atoms with van der Waals surface area (Å²) in [6.07, 6.45) is 3.02. The quantitative estimate of drug-likeness (QED) is 0.668. The van der Waals surface area contributed by atoms with Gasteiger partial charge in [0.25, 0.3) is 5.91 Å². The van der Waals surface area contributed by atoms with Gasteiger partial charge in [-0.1, -0.05) is 12.1 Å². The molecule has 1 atom stereocenters. The van der Waals surface area contributed by atoms with Gasteiger partial charge in [0.1, 0.15) is 10.8 Å². The van der Waals surface area contributed by atoms with Crippen LogP contribution in [-0.4, -0.2) is 22.1 Å². The lowest BCUT2D eigenvalue weighted by atomic mass is 10.1. The van der Waals surface area contributed by atoms with Gasteiger partial charge < -0.3 is 10.3 Å². The van der Waals surface area contributed by atoms with Gasteiger partial charge in [0.05, 0.1) is 11.6 Å². The minimum absolute atomic E-state index is 0.228. The summed E-state index contributed by atoms with van der Waals surface area (Å²) in [4.78, 5) is 30.4. The van der Waals surface area contributed by atoms with Crippen molar-refractivity contribution in [2.75, 3.05) is 6.26 Å². The topological polar surface area (TPSA) is 74.8 Å². The van der Waals surface area contributed by atoms with Crippen LogP contribution >= 0.6 is 11.8 Å². The minimum atomic E-state index is -0.475. The minimum Gasteiger partial charge on any atom is -0.345 e. The summed E-state index contributed by atoms with van der Waals surface area (Å²) in [5, 5.41) is 3.32. The van der Waals surface area contributed by atoms with Crippen LogP contribution < -0.4 is 11.0 Å². The number of aryl methyl sites for hydroxylation is 1. The summed E-state index contributed by atoms with van der Waals surface area (Å²) in [5.74, 6) is -0.538. The van der Waals surface area contributed by atoms with Crippen LogP contribution in [0.1, 0.15) is 39.6 Å². The molecule has 1 aromatic carbocycles. The zero-order chi connectivity index (χ0) is 16.6. The number of fused-ring (bicyclic) bond motifs is 1. The molecule has 2 aromatic rings. The number of aromatic nitrogens is 2. The molecule has 23 heavy (non-hydrogen) atoms. The van der Waals surface area contributed by atoms with Gasteiger partial charge in [-0.3, -0.25) is 4.79 Å². The molecule has 0 bridgehead atoms. The van der Waals surface area contributed by atoms with E-state index in [2.05, 4.69) is 15.3 Å². The van der Waals surface area contributed by atoms with Crippen LogP contribution in [0.15, 0.2) is 28.0 Å². The van der Waals surface area contributed by atoms with Crippen molar-refractivity contribution in [3.8, 4) is 0 Å². The zero-order valence-corrected chi connectivity index (χ0v) is 13.6. The van der Waals surface area contributed by atoms with Gasteiger partial charge in [0.2, 0.25) is 0 Å². The van der Waals surface area contributed by atoms with Crippen molar-refractivity contribution in [3.05, 3.63) is 56.9 Å². The van der Waals surface area contributed by atoms with Crippen LogP contribution in [-0.2, 0) is 6.42 Å². The first-order chi connectivity index (χ1) is 11.0. The Labute approximate surface area is 136 Å². The number of amides is 1. The van der Waals surface area contributed by atoms with Gasteiger partial charge in [0.15, 0.2) is 0 Å². The second-order valence-electron chi connectivity index (χ2n) is 5.42. The largest absolute Gasteiger partial charge is 0.346 e. The molecular weight excluding hydrogens is 317 g/mol. The average molecular weight is 333 g/mol. The van der Waals surface area contributed by atoms with Crippen LogP contribution in [0.25, 0.3) is 0 Å². The van der Waals surface area contributed by atoms with Crippen molar-refractivity contribution in [2.24, 2.45) is 0 Å². The standard InChI is InChI=1S/C16H16FN3O2S/c1-8-13(15(23-2)20-16(22)18-8)14(21)19-12-7-6-9-10(12)4-3-5-11(9)17/h3-5,12H,6-7H2,1-2H3,(H,19,21)(H,18,20,22)/t12-/m0/s1. The van der Waals surface area contributed by atoms with Crippen LogP contribution in [0.4, 0.5) is 4.39 Å². The first kappa shape index (κ1) is 15.7. The van der Waals surface area contributed by atoms with Gasteiger partial charge in [-0.05, 0) is 43.2 Å². The SMILES string of the molecule is CSc1nc(=O)[nH]c(C)c1C(=O)N[C@H]1CCc2c(F)cccc21. The summed E-state index contributed by atoms with van der Waals surface area (Å²) < 4.78 is 13.8. The molecule has 0 spiro atoms. The zero-order valence-electron chi connectivity index (χ0n) is 12.8. The van der Waals surface area contributed by atoms with Gasteiger partial charge >= 0.3 is 5.69 Å². The Morgan fingerprint density at radius 1 is 1.48 bits per heavy atom.